The molecular formula is C17H16FNO2S. The summed E-state index contributed by atoms with van der Waals surface area (Å²) in [7, 11) is 0. The molecule has 2 rings (SSSR count). The zero-order chi connectivity index (χ0) is 15.9. The Kier molecular flexibility index (Phi) is 5.72. The summed E-state index contributed by atoms with van der Waals surface area (Å²) < 4.78 is 12.8. The molecule has 1 amide bonds. The van der Waals surface area contributed by atoms with Crippen molar-refractivity contribution in [3.8, 4) is 0 Å². The summed E-state index contributed by atoms with van der Waals surface area (Å²) in [5.41, 5.74) is 2.26. The first kappa shape index (κ1) is 16.2. The van der Waals surface area contributed by atoms with E-state index in [0.29, 0.717) is 5.56 Å². The Morgan fingerprint density at radius 2 is 1.82 bits per heavy atom. The lowest BCUT2D eigenvalue weighted by Crippen LogP contribution is -2.15. The fourth-order valence-electron chi connectivity index (χ4n) is 1.88. The van der Waals surface area contributed by atoms with Gasteiger partial charge in [0.15, 0.2) is 5.78 Å². The quantitative estimate of drug-likeness (QED) is 0.827. The molecule has 0 bridgehead atoms. The van der Waals surface area contributed by atoms with Crippen LogP contribution in [-0.4, -0.2) is 23.2 Å². The predicted octanol–water partition coefficient (Wildman–Crippen LogP) is 3.69. The third-order valence-electron chi connectivity index (χ3n) is 2.93. The number of hydrogen-bond donors (Lipinski definition) is 1. The maximum atomic E-state index is 12.8. The summed E-state index contributed by atoms with van der Waals surface area (Å²) in [5, 5.41) is 2.78. The smallest absolute Gasteiger partial charge is 0.234 e. The molecular weight excluding hydrogens is 301 g/mol. The van der Waals surface area contributed by atoms with Gasteiger partial charge in [-0.15, -0.1) is 11.8 Å². The minimum absolute atomic E-state index is 0.117. The van der Waals surface area contributed by atoms with Crippen molar-refractivity contribution in [2.45, 2.75) is 6.92 Å². The van der Waals surface area contributed by atoms with Gasteiger partial charge >= 0.3 is 0 Å². The van der Waals surface area contributed by atoms with Gasteiger partial charge in [0.1, 0.15) is 5.82 Å². The van der Waals surface area contributed by atoms with Gasteiger partial charge in [-0.3, -0.25) is 9.59 Å². The molecule has 3 nitrogen and oxygen atoms in total. The monoisotopic (exact) mass is 317 g/mol. The standard InChI is InChI=1S/C17H16FNO2S/c1-12-3-2-4-15(9-12)19-17(21)11-22-10-16(20)13-5-7-14(18)8-6-13/h2-9H,10-11H2,1H3,(H,19,21). The molecule has 2 aromatic rings. The number of ketones is 1. The number of halogens is 1. The fraction of sp³-hybridized carbons (Fsp3) is 0.176. The minimum Gasteiger partial charge on any atom is -0.325 e. The number of amides is 1. The summed E-state index contributed by atoms with van der Waals surface area (Å²) in [4.78, 5) is 23.7. The Balaban J connectivity index is 1.77. The Labute approximate surface area is 132 Å². The van der Waals surface area contributed by atoms with E-state index in [1.165, 1.54) is 36.0 Å². The summed E-state index contributed by atoms with van der Waals surface area (Å²) in [6, 6.07) is 12.9. The van der Waals surface area contributed by atoms with Crippen LogP contribution in [0.15, 0.2) is 48.5 Å². The number of hydrogen-bond acceptors (Lipinski definition) is 3. The summed E-state index contributed by atoms with van der Waals surface area (Å²) >= 11 is 1.24. The maximum Gasteiger partial charge on any atom is 0.234 e. The molecule has 0 unspecified atom stereocenters. The highest BCUT2D eigenvalue weighted by Crippen LogP contribution is 2.12. The highest BCUT2D eigenvalue weighted by Gasteiger charge is 2.08. The molecule has 0 saturated carbocycles. The van der Waals surface area contributed by atoms with Crippen LogP contribution < -0.4 is 5.32 Å². The SMILES string of the molecule is Cc1cccc(NC(=O)CSCC(=O)c2ccc(F)cc2)c1. The fourth-order valence-corrected chi connectivity index (χ4v) is 2.59. The van der Waals surface area contributed by atoms with Crippen LogP contribution in [-0.2, 0) is 4.79 Å². The van der Waals surface area contributed by atoms with Gasteiger partial charge in [-0.2, -0.15) is 0 Å². The van der Waals surface area contributed by atoms with E-state index < -0.39 is 0 Å². The van der Waals surface area contributed by atoms with Crippen molar-refractivity contribution in [2.75, 3.05) is 16.8 Å². The first-order chi connectivity index (χ1) is 10.5. The van der Waals surface area contributed by atoms with Crippen molar-refractivity contribution in [3.05, 3.63) is 65.5 Å². The van der Waals surface area contributed by atoms with E-state index in [9.17, 15) is 14.0 Å². The number of aryl methyl sites for hydroxylation is 1. The van der Waals surface area contributed by atoms with E-state index in [-0.39, 0.29) is 29.0 Å². The summed E-state index contributed by atoms with van der Waals surface area (Å²) in [5.74, 6) is -0.258. The van der Waals surface area contributed by atoms with E-state index in [1.807, 2.05) is 31.2 Å². The number of anilines is 1. The number of thioether (sulfide) groups is 1. The van der Waals surface area contributed by atoms with Crippen LogP contribution in [0.5, 0.6) is 0 Å². The Morgan fingerprint density at radius 1 is 1.09 bits per heavy atom. The Morgan fingerprint density at radius 3 is 2.50 bits per heavy atom. The van der Waals surface area contributed by atoms with Crippen molar-refractivity contribution in [2.24, 2.45) is 0 Å². The molecule has 5 heteroatoms. The highest BCUT2D eigenvalue weighted by molar-refractivity contribution is 8.00. The lowest BCUT2D eigenvalue weighted by atomic mass is 10.1. The first-order valence-electron chi connectivity index (χ1n) is 6.77. The lowest BCUT2D eigenvalue weighted by molar-refractivity contribution is -0.113. The number of benzene rings is 2. The number of carbonyl (C=O) groups excluding carboxylic acids is 2. The molecule has 0 heterocycles. The number of nitrogens with one attached hydrogen (secondary N) is 1. The predicted molar refractivity (Wildman–Crippen MR) is 87.9 cm³/mol. The topological polar surface area (TPSA) is 46.2 Å². The lowest BCUT2D eigenvalue weighted by Gasteiger charge is -2.06. The normalized spacial score (nSPS) is 10.3. The van der Waals surface area contributed by atoms with Crippen LogP contribution in [0, 0.1) is 12.7 Å². The van der Waals surface area contributed by atoms with Gasteiger partial charge in [-0.1, -0.05) is 12.1 Å². The Hall–Kier alpha value is -2.14. The molecule has 0 aromatic heterocycles. The zero-order valence-electron chi connectivity index (χ0n) is 12.1. The number of carbonyl (C=O) groups is 2. The molecule has 0 aliphatic rings. The van der Waals surface area contributed by atoms with E-state index in [0.717, 1.165) is 11.3 Å². The second-order valence-corrected chi connectivity index (χ2v) is 5.83. The van der Waals surface area contributed by atoms with Crippen molar-refractivity contribution in [1.82, 2.24) is 0 Å². The van der Waals surface area contributed by atoms with E-state index in [1.54, 1.807) is 0 Å². The van der Waals surface area contributed by atoms with Crippen LogP contribution in [0.4, 0.5) is 10.1 Å². The molecule has 22 heavy (non-hydrogen) atoms. The average Bonchev–Trinajstić information content (AvgIpc) is 2.47. The molecule has 1 N–H and O–H groups in total. The molecule has 0 atom stereocenters. The van der Waals surface area contributed by atoms with Gasteiger partial charge < -0.3 is 5.32 Å². The average molecular weight is 317 g/mol. The number of Topliss-reactive ketones (excluding diaryl/α,β-unsaturated/α-hetero) is 1. The van der Waals surface area contributed by atoms with Gasteiger partial charge in [-0.25, -0.2) is 4.39 Å². The molecule has 0 radical (unpaired) electrons. The maximum absolute atomic E-state index is 12.8. The van der Waals surface area contributed by atoms with E-state index in [4.69, 9.17) is 0 Å². The third-order valence-corrected chi connectivity index (χ3v) is 3.87. The van der Waals surface area contributed by atoms with Gasteiger partial charge in [0.05, 0.1) is 11.5 Å². The minimum atomic E-state index is -0.373. The molecule has 0 spiro atoms. The van der Waals surface area contributed by atoms with E-state index in [2.05, 4.69) is 5.32 Å². The van der Waals surface area contributed by atoms with Crippen LogP contribution in [0.2, 0.25) is 0 Å². The van der Waals surface area contributed by atoms with Crippen molar-refractivity contribution >= 4 is 29.1 Å². The van der Waals surface area contributed by atoms with Crippen LogP contribution in [0.3, 0.4) is 0 Å². The molecule has 0 aliphatic carbocycles. The van der Waals surface area contributed by atoms with Crippen LogP contribution in [0.25, 0.3) is 0 Å². The van der Waals surface area contributed by atoms with Gasteiger partial charge in [-0.05, 0) is 48.9 Å². The largest absolute Gasteiger partial charge is 0.325 e. The molecule has 2 aromatic carbocycles. The highest BCUT2D eigenvalue weighted by atomic mass is 32.2. The van der Waals surface area contributed by atoms with Crippen LogP contribution in [0.1, 0.15) is 15.9 Å². The van der Waals surface area contributed by atoms with Crippen molar-refractivity contribution in [1.29, 1.82) is 0 Å². The van der Waals surface area contributed by atoms with Crippen molar-refractivity contribution < 1.29 is 14.0 Å². The van der Waals surface area contributed by atoms with Crippen LogP contribution >= 0.6 is 11.8 Å². The first-order valence-corrected chi connectivity index (χ1v) is 7.93. The van der Waals surface area contributed by atoms with Gasteiger partial charge in [0, 0.05) is 11.3 Å². The summed E-state index contributed by atoms with van der Waals surface area (Å²) in [6.07, 6.45) is 0. The number of rotatable bonds is 6. The van der Waals surface area contributed by atoms with Gasteiger partial charge in [0.2, 0.25) is 5.91 Å². The van der Waals surface area contributed by atoms with Crippen molar-refractivity contribution in [3.63, 3.8) is 0 Å². The van der Waals surface area contributed by atoms with Gasteiger partial charge in [0.25, 0.3) is 0 Å². The molecule has 0 fully saturated rings. The molecule has 0 aliphatic heterocycles. The third kappa shape index (κ3) is 5.00. The second-order valence-electron chi connectivity index (χ2n) is 4.84. The Bertz CT molecular complexity index is 671. The molecule has 0 saturated heterocycles. The summed E-state index contributed by atoms with van der Waals surface area (Å²) in [6.45, 7) is 1.95. The second kappa shape index (κ2) is 7.75. The zero-order valence-corrected chi connectivity index (χ0v) is 13.0. The van der Waals surface area contributed by atoms with E-state index >= 15 is 0 Å². The molecule has 114 valence electrons.